The summed E-state index contributed by atoms with van der Waals surface area (Å²) >= 11 is 0. The van der Waals surface area contributed by atoms with E-state index < -0.39 is 41.5 Å². The van der Waals surface area contributed by atoms with Gasteiger partial charge in [-0.3, -0.25) is 4.57 Å². The highest BCUT2D eigenvalue weighted by Gasteiger charge is 2.62. The number of hydrogen-bond donors (Lipinski definition) is 6. The van der Waals surface area contributed by atoms with Crippen molar-refractivity contribution in [1.82, 2.24) is 28.9 Å². The molecule has 4 aliphatic rings. The van der Waals surface area contributed by atoms with E-state index in [9.17, 15) is 34.8 Å². The molecular weight excluding hydrogens is 620 g/mol. The van der Waals surface area contributed by atoms with Gasteiger partial charge in [-0.15, -0.1) is 0 Å². The summed E-state index contributed by atoms with van der Waals surface area (Å²) in [6.45, 7) is 4.05. The van der Waals surface area contributed by atoms with Crippen molar-refractivity contribution in [3.63, 3.8) is 0 Å². The quantitative estimate of drug-likeness (QED) is 0.0706. The Bertz CT molecular complexity index is 2040. The lowest BCUT2D eigenvalue weighted by atomic mass is 9.70. The average Bonchev–Trinajstić information content (AvgIpc) is 3.59. The number of nitrogens with two attached hydrogens (primary N) is 1. The van der Waals surface area contributed by atoms with Gasteiger partial charge in [0.1, 0.15) is 11.6 Å². The minimum atomic E-state index is -3.52. The molecule has 0 spiro atoms. The van der Waals surface area contributed by atoms with E-state index in [4.69, 9.17) is 19.6 Å². The number of esters is 1. The Balaban J connectivity index is 0.000000720. The molecule has 0 saturated carbocycles. The summed E-state index contributed by atoms with van der Waals surface area (Å²) < 4.78 is 17.9. The number of anilines is 2. The molecule has 8 bridgehead atoms. The van der Waals surface area contributed by atoms with Crippen LogP contribution in [0.15, 0.2) is 46.6 Å². The highest BCUT2D eigenvalue weighted by molar-refractivity contribution is 5.93. The predicted octanol–water partition coefficient (Wildman–Crippen LogP) is 0.228. The molecule has 0 radical (unpaired) electrons. The second kappa shape index (κ2) is 11.5. The summed E-state index contributed by atoms with van der Waals surface area (Å²) in [5.41, 5.74) is 3.81. The monoisotopic (exact) mass is 652 g/mol. The smallest absolute Gasteiger partial charge is 0.404 e. The van der Waals surface area contributed by atoms with E-state index in [-0.39, 0.29) is 36.3 Å². The Hall–Kier alpha value is -5.30. The van der Waals surface area contributed by atoms with Gasteiger partial charge in [-0.2, -0.15) is 5.10 Å². The number of aliphatic hydroxyl groups is 4. The molecule has 248 valence electrons. The first kappa shape index (κ1) is 31.7. The van der Waals surface area contributed by atoms with Crippen LogP contribution in [0.2, 0.25) is 0 Å². The first-order valence-electron chi connectivity index (χ1n) is 14.5. The fourth-order valence-electron chi connectivity index (χ4n) is 6.45. The molecule has 3 atom stereocenters. The molecule has 0 saturated heterocycles. The lowest BCUT2D eigenvalue weighted by molar-refractivity contribution is -0.374. The van der Waals surface area contributed by atoms with E-state index in [1.807, 2.05) is 6.92 Å². The van der Waals surface area contributed by atoms with Crippen molar-refractivity contribution in [3.8, 4) is 0 Å². The summed E-state index contributed by atoms with van der Waals surface area (Å²) in [5.74, 6) is -0.0373. The highest BCUT2D eigenvalue weighted by Crippen LogP contribution is 2.58. The van der Waals surface area contributed by atoms with Crippen molar-refractivity contribution >= 4 is 51.8 Å². The van der Waals surface area contributed by atoms with Crippen molar-refractivity contribution < 1.29 is 44.2 Å². The van der Waals surface area contributed by atoms with Crippen LogP contribution in [0, 0.1) is 0 Å². The van der Waals surface area contributed by atoms with E-state index in [0.717, 1.165) is 0 Å². The molecule has 2 aliphatic carbocycles. The van der Waals surface area contributed by atoms with Gasteiger partial charge in [0.15, 0.2) is 11.2 Å². The number of pyridine rings is 2. The average molecular weight is 653 g/mol. The number of aromatic nitrogens is 6. The molecule has 7 N–H and O–H groups in total. The van der Waals surface area contributed by atoms with Crippen LogP contribution in [-0.4, -0.2) is 87.8 Å². The third-order valence-corrected chi connectivity index (χ3v) is 8.27. The van der Waals surface area contributed by atoms with Crippen LogP contribution in [0.25, 0.3) is 28.1 Å². The number of ether oxygens (including phenoxy) is 3. The standard InChI is InChI=1S/C27H27N7O8.C2H5NO2/c1-3-41-8-7-15-13-5-6-20-29-21-10-17-18(12-28-21)33(27(38,39)40)25(37)32(17)16-9-19(35)22-14(16)11-26(22,24(36)42-4-2)34(31-15)23(13)30-20;1-5-2(3)4/h5-8,10,12,16,19,35,38-40H,3-4,9,11H2,1-2H3,(H,28,29,30);1H3,(H2,3,4)/b8-7+;. The van der Waals surface area contributed by atoms with Gasteiger partial charge in [0.2, 0.25) is 0 Å². The number of nitrogens with one attached hydrogen (secondary N) is 1. The number of primary amides is 1. The minimum absolute atomic E-state index is 0.000190. The molecule has 0 fully saturated rings. The summed E-state index contributed by atoms with van der Waals surface area (Å²) in [4.78, 5) is 45.9. The molecule has 6 heterocycles. The van der Waals surface area contributed by atoms with E-state index >= 15 is 0 Å². The topological polar surface area (TPSA) is 251 Å². The fraction of sp³-hybridized carbons (Fsp3) is 0.379. The molecule has 47 heavy (non-hydrogen) atoms. The second-order valence-electron chi connectivity index (χ2n) is 10.9. The van der Waals surface area contributed by atoms with Gasteiger partial charge >= 0.3 is 23.8 Å². The van der Waals surface area contributed by atoms with Gasteiger partial charge in [-0.25, -0.2) is 33.6 Å². The Labute approximate surface area is 264 Å². The number of methoxy groups -OCH3 is 1. The van der Waals surface area contributed by atoms with Crippen LogP contribution in [0.4, 0.5) is 16.4 Å². The number of amides is 1. The number of imidazole rings is 1. The van der Waals surface area contributed by atoms with Crippen LogP contribution in [-0.2, 0) is 30.6 Å². The van der Waals surface area contributed by atoms with Gasteiger partial charge < -0.3 is 45.7 Å². The predicted molar refractivity (Wildman–Crippen MR) is 163 cm³/mol. The third-order valence-electron chi connectivity index (χ3n) is 8.27. The lowest BCUT2D eigenvalue weighted by Crippen LogP contribution is -2.53. The molecule has 3 unspecified atom stereocenters. The Morgan fingerprint density at radius 1 is 1.19 bits per heavy atom. The van der Waals surface area contributed by atoms with Crippen LogP contribution >= 0.6 is 0 Å². The lowest BCUT2D eigenvalue weighted by Gasteiger charge is -2.43. The zero-order valence-electron chi connectivity index (χ0n) is 25.4. The molecule has 4 aromatic rings. The Morgan fingerprint density at radius 2 is 1.94 bits per heavy atom. The van der Waals surface area contributed by atoms with E-state index in [1.165, 1.54) is 34.9 Å². The number of aliphatic hydroxyl groups excluding tert-OH is 1. The van der Waals surface area contributed by atoms with Crippen LogP contribution in [0.3, 0.4) is 0 Å². The number of carbonyl (C=O) groups excluding carboxylic acids is 2. The van der Waals surface area contributed by atoms with Gasteiger partial charge in [-0.1, -0.05) is 0 Å². The normalized spacial score (nSPS) is 21.1. The number of carbonyl (C=O) groups is 2. The molecule has 2 aliphatic heterocycles. The zero-order chi connectivity index (χ0) is 33.8. The Kier molecular flexibility index (Phi) is 7.75. The van der Waals surface area contributed by atoms with Crippen molar-refractivity contribution in [2.75, 3.05) is 25.6 Å². The SMILES string of the molecule is CCO/C=C/c1nn2c3nc(ccc13)Nc1cc3c(cn1)n(C(O)(O)O)c(=O)n3C1CC(O)C3=C1CC32C(=O)OCC.COC(N)=O. The molecule has 0 aromatic carbocycles. The second-order valence-corrected chi connectivity index (χ2v) is 10.9. The van der Waals surface area contributed by atoms with Crippen molar-refractivity contribution in [2.24, 2.45) is 5.73 Å². The third kappa shape index (κ3) is 4.89. The zero-order valence-corrected chi connectivity index (χ0v) is 25.4. The summed E-state index contributed by atoms with van der Waals surface area (Å²) in [6, 6.07) is 4.20. The maximum absolute atomic E-state index is 13.8. The van der Waals surface area contributed by atoms with Gasteiger partial charge in [0.05, 0.1) is 61.7 Å². The van der Waals surface area contributed by atoms with E-state index in [1.54, 1.807) is 25.1 Å². The summed E-state index contributed by atoms with van der Waals surface area (Å²) in [5, 5.41) is 50.1. The van der Waals surface area contributed by atoms with E-state index in [2.05, 4.69) is 20.8 Å². The van der Waals surface area contributed by atoms with Gasteiger partial charge in [0.25, 0.3) is 0 Å². The highest BCUT2D eigenvalue weighted by atomic mass is 16.7. The van der Waals surface area contributed by atoms with Gasteiger partial charge in [0, 0.05) is 30.4 Å². The van der Waals surface area contributed by atoms with Crippen molar-refractivity contribution in [1.29, 1.82) is 0 Å². The van der Waals surface area contributed by atoms with Crippen molar-refractivity contribution in [3.05, 3.63) is 58.0 Å². The number of nitrogens with zero attached hydrogens (tertiary/aromatic N) is 6. The maximum Gasteiger partial charge on any atom is 0.404 e. The number of hydrogen-bond acceptors (Lipinski definition) is 14. The largest absolute Gasteiger partial charge is 0.501 e. The Morgan fingerprint density at radius 3 is 2.60 bits per heavy atom. The first-order valence-corrected chi connectivity index (χ1v) is 14.5. The molecule has 1 amide bonds. The first-order chi connectivity index (χ1) is 22.4. The summed E-state index contributed by atoms with van der Waals surface area (Å²) in [6.07, 6.45) is -1.03. The van der Waals surface area contributed by atoms with Crippen LogP contribution < -0.4 is 16.7 Å². The molecule has 8 rings (SSSR count). The van der Waals surface area contributed by atoms with Crippen LogP contribution in [0.1, 0.15) is 38.4 Å². The number of allylic oxidation sites excluding steroid dienone is 1. The number of rotatable bonds is 6. The van der Waals surface area contributed by atoms with Crippen molar-refractivity contribution in [2.45, 2.75) is 50.5 Å². The van der Waals surface area contributed by atoms with E-state index in [0.29, 0.717) is 44.9 Å². The molecule has 4 aromatic heterocycles. The minimum Gasteiger partial charge on any atom is -0.501 e. The maximum atomic E-state index is 13.8. The van der Waals surface area contributed by atoms with Gasteiger partial charge in [-0.05, 0) is 37.1 Å². The fourth-order valence-corrected chi connectivity index (χ4v) is 6.45. The molecule has 18 nitrogen and oxygen atoms in total. The molecular formula is C29H32N8O10. The summed E-state index contributed by atoms with van der Waals surface area (Å²) in [7, 11) is 1.22. The van der Waals surface area contributed by atoms with Crippen LogP contribution in [0.5, 0.6) is 0 Å². The molecule has 18 heteroatoms.